The Kier molecular flexibility index (Phi) is 4.91. The number of anilines is 2. The summed E-state index contributed by atoms with van der Waals surface area (Å²) in [6, 6.07) is 4.82. The average Bonchev–Trinajstić information content (AvgIpc) is 3.03. The summed E-state index contributed by atoms with van der Waals surface area (Å²) in [5.74, 6) is -0.355. The van der Waals surface area contributed by atoms with Gasteiger partial charge in [0.1, 0.15) is 10.7 Å². The van der Waals surface area contributed by atoms with Gasteiger partial charge in [-0.25, -0.2) is 9.37 Å². The van der Waals surface area contributed by atoms with Gasteiger partial charge in [-0.1, -0.05) is 17.4 Å². The summed E-state index contributed by atoms with van der Waals surface area (Å²) in [6.45, 7) is 2.59. The summed E-state index contributed by atoms with van der Waals surface area (Å²) in [6.07, 6.45) is -3.61. The van der Waals surface area contributed by atoms with Crippen LogP contribution in [0.25, 0.3) is 0 Å². The van der Waals surface area contributed by atoms with Gasteiger partial charge in [-0.2, -0.15) is 13.2 Å². The quantitative estimate of drug-likeness (QED) is 0.842. The molecule has 1 aliphatic rings. The van der Waals surface area contributed by atoms with Gasteiger partial charge >= 0.3 is 6.18 Å². The van der Waals surface area contributed by atoms with Crippen molar-refractivity contribution in [3.63, 3.8) is 0 Å². The van der Waals surface area contributed by atoms with Crippen molar-refractivity contribution in [1.29, 1.82) is 0 Å². The van der Waals surface area contributed by atoms with E-state index >= 15 is 0 Å². The molecule has 1 aromatic heterocycles. The van der Waals surface area contributed by atoms with Crippen LogP contribution in [0.2, 0.25) is 0 Å². The van der Waals surface area contributed by atoms with Gasteiger partial charge in [-0.05, 0) is 17.7 Å². The maximum Gasteiger partial charge on any atom is 0.427 e. The van der Waals surface area contributed by atoms with Crippen LogP contribution in [0.4, 0.5) is 28.4 Å². The normalized spacial score (nSPS) is 15.6. The molecule has 3 rings (SSSR count). The predicted molar refractivity (Wildman–Crippen MR) is 83.9 cm³/mol. The summed E-state index contributed by atoms with van der Waals surface area (Å²) in [7, 11) is 0. The highest BCUT2D eigenvalue weighted by molar-refractivity contribution is 7.15. The maximum absolute atomic E-state index is 14.2. The number of morpholine rings is 1. The van der Waals surface area contributed by atoms with Crippen LogP contribution < -0.4 is 10.2 Å². The number of hydrogen-bond donors (Lipinski definition) is 1. The maximum atomic E-state index is 14.2. The zero-order valence-corrected chi connectivity index (χ0v) is 13.4. The van der Waals surface area contributed by atoms with E-state index in [0.717, 1.165) is 6.20 Å². The standard InChI is InChI=1S/C15H15F4N3OS/c16-11-7-10(1-2-12(11)22-3-5-23-6-4-22)8-20-14-21-9-13(24-14)15(17,18)19/h1-2,7,9H,3-6,8H2,(H,20,21). The largest absolute Gasteiger partial charge is 0.427 e. The summed E-state index contributed by atoms with van der Waals surface area (Å²) in [5, 5.41) is 2.94. The van der Waals surface area contributed by atoms with Crippen LogP contribution >= 0.6 is 11.3 Å². The molecule has 1 aromatic carbocycles. The highest BCUT2D eigenvalue weighted by Crippen LogP contribution is 2.35. The van der Waals surface area contributed by atoms with E-state index in [1.54, 1.807) is 12.1 Å². The molecule has 9 heteroatoms. The third kappa shape index (κ3) is 3.96. The van der Waals surface area contributed by atoms with Gasteiger partial charge in [0.25, 0.3) is 0 Å². The minimum absolute atomic E-state index is 0.153. The first-order chi connectivity index (χ1) is 11.4. The van der Waals surface area contributed by atoms with Gasteiger partial charge < -0.3 is 15.0 Å². The van der Waals surface area contributed by atoms with Crippen molar-refractivity contribution in [2.75, 3.05) is 36.5 Å². The Balaban J connectivity index is 1.63. The summed E-state index contributed by atoms with van der Waals surface area (Å²) in [5.41, 5.74) is 1.14. The third-order valence-corrected chi connectivity index (χ3v) is 4.59. The second kappa shape index (κ2) is 6.94. The molecule has 2 aromatic rings. The molecule has 0 amide bonds. The molecule has 0 saturated carbocycles. The van der Waals surface area contributed by atoms with Crippen LogP contribution in [-0.4, -0.2) is 31.3 Å². The fourth-order valence-corrected chi connectivity index (χ4v) is 3.06. The van der Waals surface area contributed by atoms with Crippen LogP contribution in [0.1, 0.15) is 10.4 Å². The molecule has 1 fully saturated rings. The molecule has 4 nitrogen and oxygen atoms in total. The molecule has 0 unspecified atom stereocenters. The molecule has 2 heterocycles. The zero-order chi connectivity index (χ0) is 17.2. The topological polar surface area (TPSA) is 37.4 Å². The van der Waals surface area contributed by atoms with Crippen LogP contribution in [0.5, 0.6) is 0 Å². The number of ether oxygens (including phenoxy) is 1. The number of aromatic nitrogens is 1. The van der Waals surface area contributed by atoms with Crippen molar-refractivity contribution in [3.05, 3.63) is 40.7 Å². The van der Waals surface area contributed by atoms with Crippen molar-refractivity contribution in [2.45, 2.75) is 12.7 Å². The number of nitrogens with zero attached hydrogens (tertiary/aromatic N) is 2. The third-order valence-electron chi connectivity index (χ3n) is 3.59. The van der Waals surface area contributed by atoms with Gasteiger partial charge in [0.2, 0.25) is 0 Å². The highest BCUT2D eigenvalue weighted by Gasteiger charge is 2.33. The number of nitrogens with one attached hydrogen (secondary N) is 1. The molecular formula is C15H15F4N3OS. The van der Waals surface area contributed by atoms with E-state index in [-0.39, 0.29) is 17.5 Å². The number of alkyl halides is 3. The van der Waals surface area contributed by atoms with E-state index in [2.05, 4.69) is 10.3 Å². The van der Waals surface area contributed by atoms with Crippen molar-refractivity contribution >= 4 is 22.2 Å². The number of thiazole rings is 1. The second-order valence-electron chi connectivity index (χ2n) is 5.27. The first kappa shape index (κ1) is 17.0. The van der Waals surface area contributed by atoms with Crippen LogP contribution in [-0.2, 0) is 17.5 Å². The molecule has 0 radical (unpaired) electrons. The number of halogens is 4. The van der Waals surface area contributed by atoms with Crippen molar-refractivity contribution < 1.29 is 22.3 Å². The Morgan fingerprint density at radius 1 is 1.25 bits per heavy atom. The van der Waals surface area contributed by atoms with E-state index in [1.165, 1.54) is 6.07 Å². The molecular weight excluding hydrogens is 346 g/mol. The number of benzene rings is 1. The Hall–Kier alpha value is -1.87. The lowest BCUT2D eigenvalue weighted by molar-refractivity contribution is -0.134. The van der Waals surface area contributed by atoms with Crippen LogP contribution in [0.3, 0.4) is 0 Å². The summed E-state index contributed by atoms with van der Waals surface area (Å²) in [4.78, 5) is 4.83. The van der Waals surface area contributed by atoms with Gasteiger partial charge in [0, 0.05) is 19.6 Å². The lowest BCUT2D eigenvalue weighted by Gasteiger charge is -2.29. The van der Waals surface area contributed by atoms with Gasteiger partial charge in [-0.15, -0.1) is 0 Å². The first-order valence-electron chi connectivity index (χ1n) is 7.31. The van der Waals surface area contributed by atoms with E-state index < -0.39 is 11.1 Å². The zero-order valence-electron chi connectivity index (χ0n) is 12.6. The van der Waals surface area contributed by atoms with Gasteiger partial charge in [0.15, 0.2) is 5.13 Å². The molecule has 0 aliphatic carbocycles. The van der Waals surface area contributed by atoms with Gasteiger partial charge in [-0.3, -0.25) is 0 Å². The molecule has 1 N–H and O–H groups in total. The van der Waals surface area contributed by atoms with E-state index in [9.17, 15) is 17.6 Å². The van der Waals surface area contributed by atoms with Crippen LogP contribution in [0.15, 0.2) is 24.4 Å². The Morgan fingerprint density at radius 2 is 2.00 bits per heavy atom. The number of rotatable bonds is 4. The smallest absolute Gasteiger partial charge is 0.378 e. The molecule has 130 valence electrons. The van der Waals surface area contributed by atoms with Crippen molar-refractivity contribution in [3.8, 4) is 0 Å². The molecule has 0 spiro atoms. The minimum atomic E-state index is -4.40. The first-order valence-corrected chi connectivity index (χ1v) is 8.13. The van der Waals surface area contributed by atoms with E-state index in [1.807, 2.05) is 4.90 Å². The molecule has 1 saturated heterocycles. The predicted octanol–water partition coefficient (Wildman–Crippen LogP) is 3.75. The minimum Gasteiger partial charge on any atom is -0.378 e. The Bertz CT molecular complexity index is 698. The monoisotopic (exact) mass is 361 g/mol. The lowest BCUT2D eigenvalue weighted by atomic mass is 10.1. The SMILES string of the molecule is Fc1cc(CNc2ncc(C(F)(F)F)s2)ccc1N1CCOCC1. The second-order valence-corrected chi connectivity index (χ2v) is 6.30. The lowest BCUT2D eigenvalue weighted by Crippen LogP contribution is -2.36. The summed E-state index contributed by atoms with van der Waals surface area (Å²) < 4.78 is 57.0. The average molecular weight is 361 g/mol. The number of hydrogen-bond acceptors (Lipinski definition) is 5. The molecule has 1 aliphatic heterocycles. The van der Waals surface area contributed by atoms with Crippen molar-refractivity contribution in [1.82, 2.24) is 4.98 Å². The van der Waals surface area contributed by atoms with Crippen LogP contribution in [0, 0.1) is 5.82 Å². The molecule has 24 heavy (non-hydrogen) atoms. The Labute approximate surface area is 140 Å². The van der Waals surface area contributed by atoms with Gasteiger partial charge in [0.05, 0.1) is 25.1 Å². The Morgan fingerprint density at radius 3 is 2.62 bits per heavy atom. The van der Waals surface area contributed by atoms with Crippen molar-refractivity contribution in [2.24, 2.45) is 0 Å². The molecule has 0 bridgehead atoms. The highest BCUT2D eigenvalue weighted by atomic mass is 32.1. The van der Waals surface area contributed by atoms with E-state index in [4.69, 9.17) is 4.74 Å². The van der Waals surface area contributed by atoms with E-state index in [0.29, 0.717) is 48.9 Å². The fraction of sp³-hybridized carbons (Fsp3) is 0.400. The summed E-state index contributed by atoms with van der Waals surface area (Å²) >= 11 is 0.526. The molecule has 0 atom stereocenters. The fourth-order valence-electron chi connectivity index (χ4n) is 2.39.